The number of hydrogen-bond donors (Lipinski definition) is 2. The summed E-state index contributed by atoms with van der Waals surface area (Å²) < 4.78 is 25.2. The maximum Gasteiger partial charge on any atom is 0.215 e. The molecule has 0 spiro atoms. The monoisotopic (exact) mass is 262 g/mol. The zero-order valence-electron chi connectivity index (χ0n) is 10.6. The minimum Gasteiger partial charge on any atom is -0.356 e. The summed E-state index contributed by atoms with van der Waals surface area (Å²) >= 11 is 0. The van der Waals surface area contributed by atoms with Crippen LogP contribution in [0.25, 0.3) is 0 Å². The molecule has 7 heteroatoms. The Bertz CT molecular complexity index is 349. The lowest BCUT2D eigenvalue weighted by atomic mass is 10.4. The molecule has 0 unspecified atom stereocenters. The summed E-state index contributed by atoms with van der Waals surface area (Å²) in [4.78, 5) is 4.22. The smallest absolute Gasteiger partial charge is 0.215 e. The van der Waals surface area contributed by atoms with Gasteiger partial charge in [-0.1, -0.05) is 13.8 Å². The summed E-state index contributed by atoms with van der Waals surface area (Å²) in [5.41, 5.74) is 0. The molecule has 0 radical (unpaired) electrons. The SMILES string of the molecule is CCN(CC)S(=O)(=O)CCNC1=NCCCN1. The van der Waals surface area contributed by atoms with Gasteiger partial charge in [-0.2, -0.15) is 0 Å². The van der Waals surface area contributed by atoms with Crippen molar-refractivity contribution in [1.29, 1.82) is 0 Å². The first-order chi connectivity index (χ1) is 8.10. The Morgan fingerprint density at radius 1 is 1.41 bits per heavy atom. The van der Waals surface area contributed by atoms with Crippen molar-refractivity contribution in [1.82, 2.24) is 14.9 Å². The van der Waals surface area contributed by atoms with Gasteiger partial charge >= 0.3 is 0 Å². The van der Waals surface area contributed by atoms with Gasteiger partial charge in [-0.25, -0.2) is 12.7 Å². The summed E-state index contributed by atoms with van der Waals surface area (Å²) in [6.45, 7) is 6.84. The van der Waals surface area contributed by atoms with Crippen LogP contribution in [0.15, 0.2) is 4.99 Å². The van der Waals surface area contributed by atoms with Gasteiger partial charge in [0.15, 0.2) is 5.96 Å². The average molecular weight is 262 g/mol. The van der Waals surface area contributed by atoms with Crippen molar-refractivity contribution in [2.24, 2.45) is 4.99 Å². The largest absolute Gasteiger partial charge is 0.356 e. The van der Waals surface area contributed by atoms with E-state index >= 15 is 0 Å². The van der Waals surface area contributed by atoms with Crippen molar-refractivity contribution in [3.05, 3.63) is 0 Å². The lowest BCUT2D eigenvalue weighted by Crippen LogP contribution is -2.44. The van der Waals surface area contributed by atoms with Gasteiger partial charge in [0.1, 0.15) is 0 Å². The summed E-state index contributed by atoms with van der Waals surface area (Å²) in [7, 11) is -3.14. The summed E-state index contributed by atoms with van der Waals surface area (Å²) in [5.74, 6) is 0.820. The molecule has 0 saturated carbocycles. The van der Waals surface area contributed by atoms with Crippen LogP contribution in [0, 0.1) is 0 Å². The van der Waals surface area contributed by atoms with Gasteiger partial charge in [0.25, 0.3) is 0 Å². The molecule has 2 N–H and O–H groups in total. The predicted molar refractivity (Wildman–Crippen MR) is 69.6 cm³/mol. The van der Waals surface area contributed by atoms with Crippen LogP contribution in [-0.2, 0) is 10.0 Å². The highest BCUT2D eigenvalue weighted by atomic mass is 32.2. The molecule has 0 aliphatic carbocycles. The fourth-order valence-electron chi connectivity index (χ4n) is 1.70. The number of nitrogens with one attached hydrogen (secondary N) is 2. The van der Waals surface area contributed by atoms with Gasteiger partial charge in [-0.05, 0) is 6.42 Å². The van der Waals surface area contributed by atoms with Gasteiger partial charge < -0.3 is 10.6 Å². The molecule has 1 aliphatic heterocycles. The molecule has 1 heterocycles. The molecule has 17 heavy (non-hydrogen) atoms. The van der Waals surface area contributed by atoms with Crippen molar-refractivity contribution in [2.45, 2.75) is 20.3 Å². The predicted octanol–water partition coefficient (Wildman–Crippen LogP) is -0.403. The van der Waals surface area contributed by atoms with Crippen LogP contribution in [0.5, 0.6) is 0 Å². The Balaban J connectivity index is 2.36. The second kappa shape index (κ2) is 6.80. The van der Waals surface area contributed by atoms with Crippen molar-refractivity contribution in [2.75, 3.05) is 38.5 Å². The first-order valence-electron chi connectivity index (χ1n) is 6.10. The number of aliphatic imine (C=N–C) groups is 1. The van der Waals surface area contributed by atoms with E-state index in [-0.39, 0.29) is 5.75 Å². The Labute approximate surface area is 104 Å². The number of hydrogen-bond acceptors (Lipinski definition) is 5. The second-order valence-electron chi connectivity index (χ2n) is 3.84. The van der Waals surface area contributed by atoms with Crippen LogP contribution < -0.4 is 10.6 Å². The van der Waals surface area contributed by atoms with Crippen LogP contribution >= 0.6 is 0 Å². The topological polar surface area (TPSA) is 73.8 Å². The lowest BCUT2D eigenvalue weighted by molar-refractivity contribution is 0.445. The van der Waals surface area contributed by atoms with Crippen LogP contribution in [0.4, 0.5) is 0 Å². The fourth-order valence-corrected chi connectivity index (χ4v) is 3.10. The highest BCUT2D eigenvalue weighted by Gasteiger charge is 2.18. The standard InChI is InChI=1S/C10H22N4O2S/c1-3-14(4-2)17(15,16)9-8-13-10-11-6-5-7-12-10/h3-9H2,1-2H3,(H2,11,12,13). The fraction of sp³-hybridized carbons (Fsp3) is 0.900. The highest BCUT2D eigenvalue weighted by Crippen LogP contribution is 1.99. The molecule has 0 bridgehead atoms. The third-order valence-corrected chi connectivity index (χ3v) is 4.67. The molecule has 6 nitrogen and oxygen atoms in total. The van der Waals surface area contributed by atoms with E-state index in [1.54, 1.807) is 0 Å². The molecular weight excluding hydrogens is 240 g/mol. The quantitative estimate of drug-likeness (QED) is 0.683. The Kier molecular flexibility index (Phi) is 5.70. The molecule has 0 fully saturated rings. The molecule has 0 aromatic rings. The van der Waals surface area contributed by atoms with E-state index in [1.165, 1.54) is 4.31 Å². The molecule has 0 aromatic carbocycles. The van der Waals surface area contributed by atoms with E-state index in [1.807, 2.05) is 13.8 Å². The van der Waals surface area contributed by atoms with Gasteiger partial charge in [-0.15, -0.1) is 0 Å². The van der Waals surface area contributed by atoms with Crippen LogP contribution in [0.3, 0.4) is 0 Å². The highest BCUT2D eigenvalue weighted by molar-refractivity contribution is 7.89. The zero-order chi connectivity index (χ0) is 12.7. The van der Waals surface area contributed by atoms with E-state index in [0.717, 1.165) is 19.5 Å². The maximum absolute atomic E-state index is 11.9. The summed E-state index contributed by atoms with van der Waals surface area (Å²) in [6, 6.07) is 0. The second-order valence-corrected chi connectivity index (χ2v) is 5.93. The first-order valence-corrected chi connectivity index (χ1v) is 7.71. The first kappa shape index (κ1) is 14.2. The van der Waals surface area contributed by atoms with Crippen molar-refractivity contribution < 1.29 is 8.42 Å². The van der Waals surface area contributed by atoms with Crippen LogP contribution in [0.1, 0.15) is 20.3 Å². The minimum atomic E-state index is -3.14. The van der Waals surface area contributed by atoms with Gasteiger partial charge in [0, 0.05) is 32.7 Å². The Morgan fingerprint density at radius 2 is 2.12 bits per heavy atom. The van der Waals surface area contributed by atoms with E-state index in [0.29, 0.717) is 25.6 Å². The third kappa shape index (κ3) is 4.51. The molecule has 0 atom stereocenters. The van der Waals surface area contributed by atoms with Gasteiger partial charge in [0.2, 0.25) is 10.0 Å². The molecule has 0 aromatic heterocycles. The Morgan fingerprint density at radius 3 is 2.65 bits per heavy atom. The number of rotatable bonds is 6. The van der Waals surface area contributed by atoms with E-state index in [2.05, 4.69) is 15.6 Å². The normalized spacial score (nSPS) is 16.5. The van der Waals surface area contributed by atoms with E-state index in [4.69, 9.17) is 0 Å². The minimum absolute atomic E-state index is 0.107. The van der Waals surface area contributed by atoms with Crippen LogP contribution in [0.2, 0.25) is 0 Å². The zero-order valence-corrected chi connectivity index (χ0v) is 11.4. The van der Waals surface area contributed by atoms with Gasteiger partial charge in [-0.3, -0.25) is 4.99 Å². The average Bonchev–Trinajstić information content (AvgIpc) is 2.31. The van der Waals surface area contributed by atoms with Crippen molar-refractivity contribution in [3.8, 4) is 0 Å². The number of sulfonamides is 1. The molecular formula is C10H22N4O2S. The van der Waals surface area contributed by atoms with E-state index in [9.17, 15) is 8.42 Å². The van der Waals surface area contributed by atoms with Crippen molar-refractivity contribution in [3.63, 3.8) is 0 Å². The number of guanidine groups is 1. The molecule has 1 aliphatic rings. The summed E-state index contributed by atoms with van der Waals surface area (Å²) in [6.07, 6.45) is 1.03. The maximum atomic E-state index is 11.9. The number of nitrogens with zero attached hydrogens (tertiary/aromatic N) is 2. The Hall–Kier alpha value is -0.820. The molecule has 1 rings (SSSR count). The molecule has 0 saturated heterocycles. The van der Waals surface area contributed by atoms with Crippen molar-refractivity contribution >= 4 is 16.0 Å². The third-order valence-electron chi connectivity index (χ3n) is 2.65. The van der Waals surface area contributed by atoms with Crippen LogP contribution in [-0.4, -0.2) is 57.2 Å². The van der Waals surface area contributed by atoms with E-state index < -0.39 is 10.0 Å². The lowest BCUT2D eigenvalue weighted by Gasteiger charge is -2.20. The molecule has 100 valence electrons. The summed E-state index contributed by atoms with van der Waals surface area (Å²) in [5, 5.41) is 6.11. The van der Waals surface area contributed by atoms with Gasteiger partial charge in [0.05, 0.1) is 5.75 Å². The molecule has 0 amide bonds.